The van der Waals surface area contributed by atoms with E-state index in [0.717, 1.165) is 0 Å². The van der Waals surface area contributed by atoms with Crippen LogP contribution in [-0.4, -0.2) is 31.5 Å². The molecule has 0 atom stereocenters. The van der Waals surface area contributed by atoms with Gasteiger partial charge in [-0.2, -0.15) is 0 Å². The average molecular weight is 384 g/mol. The van der Waals surface area contributed by atoms with Crippen LogP contribution in [0.1, 0.15) is 5.69 Å². The average Bonchev–Trinajstić information content (AvgIpc) is 2.96. The highest BCUT2D eigenvalue weighted by molar-refractivity contribution is 7.89. The van der Waals surface area contributed by atoms with Gasteiger partial charge < -0.3 is 9.14 Å². The summed E-state index contributed by atoms with van der Waals surface area (Å²) in [6.45, 7) is 0.129. The molecule has 2 aromatic heterocycles. The summed E-state index contributed by atoms with van der Waals surface area (Å²) < 4.78 is 47.2. The molecule has 0 saturated carbocycles. The lowest BCUT2D eigenvalue weighted by atomic mass is 10.3. The van der Waals surface area contributed by atoms with Crippen molar-refractivity contribution < 1.29 is 17.5 Å². The summed E-state index contributed by atoms with van der Waals surface area (Å²) in [5, 5.41) is 0.295. The van der Waals surface area contributed by atoms with Gasteiger partial charge in [0.2, 0.25) is 10.0 Å². The summed E-state index contributed by atoms with van der Waals surface area (Å²) in [6, 6.07) is 7.25. The van der Waals surface area contributed by atoms with Gasteiger partial charge in [-0.3, -0.25) is 0 Å². The Kier molecular flexibility index (Phi) is 4.94. The first-order chi connectivity index (χ1) is 11.9. The molecule has 0 aliphatic heterocycles. The van der Waals surface area contributed by atoms with Crippen LogP contribution in [-0.2, 0) is 16.4 Å². The van der Waals surface area contributed by atoms with E-state index in [4.69, 9.17) is 16.3 Å². The first kappa shape index (κ1) is 17.7. The quantitative estimate of drug-likeness (QED) is 0.710. The van der Waals surface area contributed by atoms with Gasteiger partial charge >= 0.3 is 0 Å². The number of nitrogens with zero attached hydrogens (tertiary/aromatic N) is 2. The van der Waals surface area contributed by atoms with Crippen LogP contribution >= 0.6 is 11.6 Å². The van der Waals surface area contributed by atoms with Crippen LogP contribution in [0.15, 0.2) is 47.6 Å². The Morgan fingerprint density at radius 2 is 2.08 bits per heavy atom. The molecule has 25 heavy (non-hydrogen) atoms. The Balaban J connectivity index is 1.72. The first-order valence-corrected chi connectivity index (χ1v) is 9.21. The zero-order chi connectivity index (χ0) is 18.0. The molecule has 6 nitrogen and oxygen atoms in total. The van der Waals surface area contributed by atoms with E-state index in [0.29, 0.717) is 22.8 Å². The Labute approximate surface area is 149 Å². The van der Waals surface area contributed by atoms with Gasteiger partial charge in [0, 0.05) is 30.4 Å². The maximum atomic E-state index is 13.2. The molecule has 2 heterocycles. The fourth-order valence-corrected chi connectivity index (χ4v) is 3.85. The molecule has 0 spiro atoms. The van der Waals surface area contributed by atoms with Crippen molar-refractivity contribution in [3.8, 4) is 5.75 Å². The van der Waals surface area contributed by atoms with E-state index in [9.17, 15) is 12.8 Å². The third kappa shape index (κ3) is 3.92. The monoisotopic (exact) mass is 383 g/mol. The molecule has 0 unspecified atom stereocenters. The van der Waals surface area contributed by atoms with Crippen LogP contribution in [0.4, 0.5) is 4.39 Å². The summed E-state index contributed by atoms with van der Waals surface area (Å²) in [5.74, 6) is -0.162. The van der Waals surface area contributed by atoms with Gasteiger partial charge in [0.25, 0.3) is 0 Å². The van der Waals surface area contributed by atoms with Crippen molar-refractivity contribution in [1.82, 2.24) is 14.1 Å². The predicted molar refractivity (Wildman–Crippen MR) is 92.0 cm³/mol. The maximum Gasteiger partial charge on any atom is 0.244 e. The predicted octanol–water partition coefficient (Wildman–Crippen LogP) is 2.66. The topological polar surface area (TPSA) is 72.7 Å². The van der Waals surface area contributed by atoms with E-state index in [1.165, 1.54) is 31.5 Å². The Hall–Kier alpha value is -2.16. The van der Waals surface area contributed by atoms with Crippen LogP contribution in [0, 0.1) is 5.82 Å². The number of hydrogen-bond donors (Lipinski definition) is 1. The smallest absolute Gasteiger partial charge is 0.244 e. The van der Waals surface area contributed by atoms with Crippen LogP contribution in [0.2, 0.25) is 5.02 Å². The molecule has 1 aromatic carbocycles. The second kappa shape index (κ2) is 6.99. The van der Waals surface area contributed by atoms with Gasteiger partial charge in [-0.1, -0.05) is 11.6 Å². The third-order valence-electron chi connectivity index (χ3n) is 3.55. The molecule has 0 radical (unpaired) electrons. The third-order valence-corrected chi connectivity index (χ3v) is 5.27. The van der Waals surface area contributed by atoms with Crippen molar-refractivity contribution in [2.75, 3.05) is 13.7 Å². The number of ether oxygens (including phenoxy) is 1. The minimum Gasteiger partial charge on any atom is -0.495 e. The first-order valence-electron chi connectivity index (χ1n) is 7.35. The molecule has 1 N–H and O–H groups in total. The van der Waals surface area contributed by atoms with Crippen molar-refractivity contribution in [3.63, 3.8) is 0 Å². The molecule has 0 amide bonds. The number of benzene rings is 1. The number of imidazole rings is 1. The fraction of sp³-hybridized carbons (Fsp3) is 0.188. The molecule has 0 aliphatic rings. The Morgan fingerprint density at radius 1 is 1.28 bits per heavy atom. The highest BCUT2D eigenvalue weighted by Crippen LogP contribution is 2.26. The molecule has 0 bridgehead atoms. The minimum absolute atomic E-state index is 0.0282. The summed E-state index contributed by atoms with van der Waals surface area (Å²) in [6.07, 6.45) is 3.32. The standard InChI is InChI=1S/C16H15ClFN3O3S/c1-24-14-4-2-11(17)8-15(14)25(22,23)19-7-6-13-10-21-9-12(18)3-5-16(21)20-13/h2-5,8-10,19H,6-7H2,1H3. The molecule has 132 valence electrons. The van der Waals surface area contributed by atoms with Crippen LogP contribution < -0.4 is 9.46 Å². The van der Waals surface area contributed by atoms with E-state index in [1.807, 2.05) is 0 Å². The Morgan fingerprint density at radius 3 is 2.84 bits per heavy atom. The SMILES string of the molecule is COc1ccc(Cl)cc1S(=O)(=O)NCCc1cn2cc(F)ccc2n1. The molecule has 3 aromatic rings. The van der Waals surface area contributed by atoms with Gasteiger partial charge in [0.1, 0.15) is 22.1 Å². The van der Waals surface area contributed by atoms with Crippen molar-refractivity contribution in [2.45, 2.75) is 11.3 Å². The summed E-state index contributed by atoms with van der Waals surface area (Å²) in [5.41, 5.74) is 1.24. The van der Waals surface area contributed by atoms with Crippen molar-refractivity contribution >= 4 is 27.3 Å². The summed E-state index contributed by atoms with van der Waals surface area (Å²) in [7, 11) is -2.40. The number of nitrogens with one attached hydrogen (secondary N) is 1. The highest BCUT2D eigenvalue weighted by atomic mass is 35.5. The molecule has 3 rings (SSSR count). The highest BCUT2D eigenvalue weighted by Gasteiger charge is 2.19. The fourth-order valence-electron chi connectivity index (χ4n) is 2.39. The van der Waals surface area contributed by atoms with Crippen LogP contribution in [0.25, 0.3) is 5.65 Å². The maximum absolute atomic E-state index is 13.2. The van der Waals surface area contributed by atoms with E-state index in [2.05, 4.69) is 9.71 Å². The zero-order valence-corrected chi connectivity index (χ0v) is 14.8. The largest absolute Gasteiger partial charge is 0.495 e. The van der Waals surface area contributed by atoms with Gasteiger partial charge in [-0.05, 0) is 30.3 Å². The van der Waals surface area contributed by atoms with Crippen molar-refractivity contribution in [3.05, 3.63) is 59.3 Å². The van der Waals surface area contributed by atoms with Gasteiger partial charge in [-0.25, -0.2) is 22.5 Å². The van der Waals surface area contributed by atoms with Crippen LogP contribution in [0.5, 0.6) is 5.75 Å². The second-order valence-electron chi connectivity index (χ2n) is 5.29. The normalized spacial score (nSPS) is 11.8. The van der Waals surface area contributed by atoms with E-state index < -0.39 is 10.0 Å². The number of rotatable bonds is 6. The van der Waals surface area contributed by atoms with Gasteiger partial charge in [0.05, 0.1) is 12.8 Å². The van der Waals surface area contributed by atoms with Crippen molar-refractivity contribution in [1.29, 1.82) is 0 Å². The lowest BCUT2D eigenvalue weighted by Crippen LogP contribution is -2.26. The number of halogens is 2. The van der Waals surface area contributed by atoms with E-state index in [-0.39, 0.29) is 23.0 Å². The minimum atomic E-state index is -3.79. The summed E-state index contributed by atoms with van der Waals surface area (Å²) >= 11 is 5.88. The lowest BCUT2D eigenvalue weighted by Gasteiger charge is -2.10. The number of fused-ring (bicyclic) bond motifs is 1. The molecule has 0 aliphatic carbocycles. The lowest BCUT2D eigenvalue weighted by molar-refractivity contribution is 0.402. The molecular formula is C16H15ClFN3O3S. The number of hydrogen-bond acceptors (Lipinski definition) is 4. The van der Waals surface area contributed by atoms with Gasteiger partial charge in [-0.15, -0.1) is 0 Å². The van der Waals surface area contributed by atoms with Crippen molar-refractivity contribution in [2.24, 2.45) is 0 Å². The number of sulfonamides is 1. The Bertz CT molecular complexity index is 1020. The molecule has 0 fully saturated rings. The molecular weight excluding hydrogens is 369 g/mol. The molecule has 0 saturated heterocycles. The zero-order valence-electron chi connectivity index (χ0n) is 13.2. The molecule has 9 heteroatoms. The number of aromatic nitrogens is 2. The summed E-state index contributed by atoms with van der Waals surface area (Å²) in [4.78, 5) is 4.28. The van der Waals surface area contributed by atoms with E-state index in [1.54, 1.807) is 22.7 Å². The second-order valence-corrected chi connectivity index (χ2v) is 7.46. The van der Waals surface area contributed by atoms with Gasteiger partial charge in [0.15, 0.2) is 0 Å². The number of pyridine rings is 1. The van der Waals surface area contributed by atoms with Crippen LogP contribution in [0.3, 0.4) is 0 Å². The van der Waals surface area contributed by atoms with E-state index >= 15 is 0 Å². The number of methoxy groups -OCH3 is 1.